The van der Waals surface area contributed by atoms with Gasteiger partial charge in [-0.2, -0.15) is 4.31 Å². The monoisotopic (exact) mass is 413 g/mol. The predicted octanol–water partition coefficient (Wildman–Crippen LogP) is 2.52. The Balaban J connectivity index is 2.13. The van der Waals surface area contributed by atoms with Crippen molar-refractivity contribution >= 4 is 38.9 Å². The highest BCUT2D eigenvalue weighted by Crippen LogP contribution is 2.27. The van der Waals surface area contributed by atoms with Crippen LogP contribution in [0.15, 0.2) is 47.4 Å². The molecule has 27 heavy (non-hydrogen) atoms. The first kappa shape index (κ1) is 20.6. The molecule has 11 heteroatoms. The van der Waals surface area contributed by atoms with Crippen LogP contribution in [-0.2, 0) is 14.8 Å². The van der Waals surface area contributed by atoms with E-state index in [1.807, 2.05) is 0 Å². The van der Waals surface area contributed by atoms with Gasteiger partial charge in [-0.05, 0) is 30.3 Å². The number of nitro benzene ring substituents is 1. The van der Waals surface area contributed by atoms with E-state index < -0.39 is 27.4 Å². The van der Waals surface area contributed by atoms with Crippen molar-refractivity contribution in [3.8, 4) is 5.75 Å². The molecule has 1 amide bonds. The first-order valence-electron chi connectivity index (χ1n) is 7.49. The number of non-ortho nitro benzene ring substituents is 1. The largest absolute Gasteiger partial charge is 0.495 e. The molecule has 0 radical (unpaired) electrons. The number of carbonyl (C=O) groups is 1. The molecule has 0 heterocycles. The summed E-state index contributed by atoms with van der Waals surface area (Å²) in [6.07, 6.45) is 0. The minimum absolute atomic E-state index is 0.163. The van der Waals surface area contributed by atoms with Gasteiger partial charge in [-0.15, -0.1) is 0 Å². The highest BCUT2D eigenvalue weighted by molar-refractivity contribution is 7.89. The Morgan fingerprint density at radius 3 is 2.44 bits per heavy atom. The molecular formula is C16H16ClN3O6S. The van der Waals surface area contributed by atoms with Gasteiger partial charge in [0.05, 0.1) is 29.2 Å². The molecule has 0 saturated heterocycles. The highest BCUT2D eigenvalue weighted by atomic mass is 35.5. The second-order valence-corrected chi connectivity index (χ2v) is 7.89. The van der Waals surface area contributed by atoms with Crippen LogP contribution in [0.3, 0.4) is 0 Å². The summed E-state index contributed by atoms with van der Waals surface area (Å²) < 4.78 is 31.0. The Hall–Kier alpha value is -2.69. The molecule has 0 fully saturated rings. The van der Waals surface area contributed by atoms with Crippen LogP contribution in [0, 0.1) is 10.1 Å². The third-order valence-corrected chi connectivity index (χ3v) is 5.61. The number of nitro groups is 1. The summed E-state index contributed by atoms with van der Waals surface area (Å²) in [6, 6.07) is 9.01. The van der Waals surface area contributed by atoms with Crippen molar-refractivity contribution < 1.29 is 22.9 Å². The topological polar surface area (TPSA) is 119 Å². The zero-order valence-corrected chi connectivity index (χ0v) is 16.0. The van der Waals surface area contributed by atoms with Gasteiger partial charge in [0, 0.05) is 24.2 Å². The Labute approximate surface area is 160 Å². The Bertz CT molecular complexity index is 963. The van der Waals surface area contributed by atoms with Crippen LogP contribution in [-0.4, -0.2) is 44.3 Å². The van der Waals surface area contributed by atoms with Crippen molar-refractivity contribution in [2.24, 2.45) is 0 Å². The lowest BCUT2D eigenvalue weighted by Crippen LogP contribution is -2.35. The van der Waals surface area contributed by atoms with Gasteiger partial charge in [-0.3, -0.25) is 14.9 Å². The fourth-order valence-electron chi connectivity index (χ4n) is 2.17. The van der Waals surface area contributed by atoms with E-state index in [2.05, 4.69) is 5.32 Å². The van der Waals surface area contributed by atoms with E-state index in [1.165, 1.54) is 20.2 Å². The zero-order valence-electron chi connectivity index (χ0n) is 14.4. The summed E-state index contributed by atoms with van der Waals surface area (Å²) in [7, 11) is -1.35. The van der Waals surface area contributed by atoms with Crippen molar-refractivity contribution in [1.82, 2.24) is 4.31 Å². The van der Waals surface area contributed by atoms with Crippen LogP contribution < -0.4 is 10.1 Å². The van der Waals surface area contributed by atoms with E-state index in [9.17, 15) is 23.3 Å². The number of likely N-dealkylation sites (N-methyl/N-ethyl adjacent to an activating group) is 1. The maximum Gasteiger partial charge on any atom is 0.269 e. The lowest BCUT2D eigenvalue weighted by molar-refractivity contribution is -0.384. The van der Waals surface area contributed by atoms with E-state index in [0.29, 0.717) is 16.5 Å². The predicted molar refractivity (Wildman–Crippen MR) is 99.5 cm³/mol. The molecule has 0 aromatic heterocycles. The number of rotatable bonds is 7. The molecule has 0 bridgehead atoms. The second-order valence-electron chi connectivity index (χ2n) is 5.40. The Morgan fingerprint density at radius 1 is 1.26 bits per heavy atom. The van der Waals surface area contributed by atoms with Gasteiger partial charge < -0.3 is 10.1 Å². The number of anilines is 1. The normalized spacial score (nSPS) is 11.3. The van der Waals surface area contributed by atoms with Gasteiger partial charge in [-0.1, -0.05) is 11.6 Å². The van der Waals surface area contributed by atoms with Gasteiger partial charge >= 0.3 is 0 Å². The van der Waals surface area contributed by atoms with Crippen molar-refractivity contribution in [2.45, 2.75) is 4.90 Å². The van der Waals surface area contributed by atoms with Crippen LogP contribution in [0.5, 0.6) is 5.75 Å². The quantitative estimate of drug-likeness (QED) is 0.550. The average molecular weight is 414 g/mol. The Kier molecular flexibility index (Phi) is 6.37. The molecule has 2 rings (SSSR count). The van der Waals surface area contributed by atoms with Crippen LogP contribution in [0.25, 0.3) is 0 Å². The summed E-state index contributed by atoms with van der Waals surface area (Å²) in [5.41, 5.74) is 0.0681. The minimum Gasteiger partial charge on any atom is -0.495 e. The van der Waals surface area contributed by atoms with Crippen LogP contribution in [0.4, 0.5) is 11.4 Å². The number of nitrogens with one attached hydrogen (secondary N) is 1. The number of benzene rings is 2. The van der Waals surface area contributed by atoms with Crippen molar-refractivity contribution in [3.63, 3.8) is 0 Å². The Morgan fingerprint density at radius 2 is 1.89 bits per heavy atom. The van der Waals surface area contributed by atoms with Crippen molar-refractivity contribution in [2.75, 3.05) is 26.0 Å². The maximum atomic E-state index is 12.5. The van der Waals surface area contributed by atoms with Gasteiger partial charge in [0.15, 0.2) is 0 Å². The third kappa shape index (κ3) is 4.94. The summed E-state index contributed by atoms with van der Waals surface area (Å²) in [6.45, 7) is -0.477. The molecule has 144 valence electrons. The van der Waals surface area contributed by atoms with E-state index in [-0.39, 0.29) is 10.6 Å². The number of sulfonamides is 1. The maximum absolute atomic E-state index is 12.5. The average Bonchev–Trinajstić information content (AvgIpc) is 2.61. The zero-order chi connectivity index (χ0) is 20.2. The number of halogens is 1. The fraction of sp³-hybridized carbons (Fsp3) is 0.188. The lowest BCUT2D eigenvalue weighted by atomic mass is 10.3. The number of hydrogen-bond acceptors (Lipinski definition) is 6. The van der Waals surface area contributed by atoms with Gasteiger partial charge in [0.25, 0.3) is 5.69 Å². The molecular weight excluding hydrogens is 398 g/mol. The summed E-state index contributed by atoms with van der Waals surface area (Å²) in [4.78, 5) is 22.1. The first-order valence-corrected chi connectivity index (χ1v) is 9.31. The number of hydrogen-bond donors (Lipinski definition) is 1. The SMILES string of the molecule is COc1ccc(Cl)cc1NC(=O)CN(C)S(=O)(=O)c1ccc([N+](=O)[O-])cc1. The van der Waals surface area contributed by atoms with Gasteiger partial charge in [0.2, 0.25) is 15.9 Å². The van der Waals surface area contributed by atoms with Gasteiger partial charge in [-0.25, -0.2) is 8.42 Å². The van der Waals surface area contributed by atoms with E-state index >= 15 is 0 Å². The molecule has 9 nitrogen and oxygen atoms in total. The van der Waals surface area contributed by atoms with Crippen molar-refractivity contribution in [1.29, 1.82) is 0 Å². The molecule has 0 spiro atoms. The molecule has 0 saturated carbocycles. The van der Waals surface area contributed by atoms with Crippen LogP contribution in [0.2, 0.25) is 5.02 Å². The lowest BCUT2D eigenvalue weighted by Gasteiger charge is -2.17. The fourth-order valence-corrected chi connectivity index (χ4v) is 3.47. The van der Waals surface area contributed by atoms with E-state index in [4.69, 9.17) is 16.3 Å². The molecule has 2 aromatic rings. The number of methoxy groups -OCH3 is 1. The molecule has 0 aliphatic carbocycles. The molecule has 0 unspecified atom stereocenters. The highest BCUT2D eigenvalue weighted by Gasteiger charge is 2.24. The number of nitrogens with zero attached hydrogens (tertiary/aromatic N) is 2. The van der Waals surface area contributed by atoms with E-state index in [0.717, 1.165) is 28.6 Å². The number of amides is 1. The summed E-state index contributed by atoms with van der Waals surface area (Å²) in [5, 5.41) is 13.6. The smallest absolute Gasteiger partial charge is 0.269 e. The molecule has 0 aliphatic rings. The number of carbonyl (C=O) groups excluding carboxylic acids is 1. The van der Waals surface area contributed by atoms with Gasteiger partial charge in [0.1, 0.15) is 5.75 Å². The third-order valence-electron chi connectivity index (χ3n) is 3.56. The van der Waals surface area contributed by atoms with Crippen LogP contribution >= 0.6 is 11.6 Å². The molecule has 1 N–H and O–H groups in total. The molecule has 0 aliphatic heterocycles. The van der Waals surface area contributed by atoms with E-state index in [1.54, 1.807) is 12.1 Å². The standard InChI is InChI=1S/C16H16ClN3O6S/c1-19(27(24,25)13-6-4-12(5-7-13)20(22)23)10-16(21)18-14-9-11(17)3-8-15(14)26-2/h3-9H,10H2,1-2H3,(H,18,21). The first-order chi connectivity index (χ1) is 12.6. The number of ether oxygens (including phenoxy) is 1. The molecule has 0 atom stereocenters. The second kappa shape index (κ2) is 8.33. The minimum atomic E-state index is -4.00. The summed E-state index contributed by atoms with van der Waals surface area (Å²) in [5.74, 6) is -0.239. The van der Waals surface area contributed by atoms with Crippen molar-refractivity contribution in [3.05, 3.63) is 57.6 Å². The van der Waals surface area contributed by atoms with Crippen LogP contribution in [0.1, 0.15) is 0 Å². The summed E-state index contributed by atoms with van der Waals surface area (Å²) >= 11 is 5.89. The molecule has 2 aromatic carbocycles.